The van der Waals surface area contributed by atoms with Crippen molar-refractivity contribution >= 4 is 21.9 Å². The van der Waals surface area contributed by atoms with Crippen molar-refractivity contribution in [1.82, 2.24) is 10.2 Å². The van der Waals surface area contributed by atoms with Crippen LogP contribution in [0.1, 0.15) is 16.4 Å². The summed E-state index contributed by atoms with van der Waals surface area (Å²) < 4.78 is 11.7. The Morgan fingerprint density at radius 2 is 2.00 bits per heavy atom. The Bertz CT molecular complexity index is 850. The molecular weight excluding hydrogens is 366 g/mol. The van der Waals surface area contributed by atoms with Crippen molar-refractivity contribution in [3.63, 3.8) is 0 Å². The van der Waals surface area contributed by atoms with Gasteiger partial charge in [0.25, 0.3) is 5.89 Å². The van der Waals surface area contributed by atoms with Gasteiger partial charge in [-0.3, -0.25) is 0 Å². The third kappa shape index (κ3) is 3.37. The molecule has 0 spiro atoms. The van der Waals surface area contributed by atoms with E-state index in [1.54, 1.807) is 6.07 Å². The minimum Gasteiger partial charge on any atom is -0.618 e. The van der Waals surface area contributed by atoms with Crippen molar-refractivity contribution in [3.8, 4) is 11.5 Å². The van der Waals surface area contributed by atoms with Gasteiger partial charge in [0, 0.05) is 16.6 Å². The average Bonchev–Trinajstić information content (AvgIpc) is 3.02. The van der Waals surface area contributed by atoms with Crippen LogP contribution in [0.15, 0.2) is 57.6 Å². The van der Waals surface area contributed by atoms with Gasteiger partial charge in [-0.15, -0.1) is 10.2 Å². The van der Waals surface area contributed by atoms with Crippen molar-refractivity contribution in [2.24, 2.45) is 0 Å². The number of esters is 1. The van der Waals surface area contributed by atoms with E-state index in [4.69, 9.17) is 9.15 Å². The third-order valence-electron chi connectivity index (χ3n) is 2.93. The van der Waals surface area contributed by atoms with Crippen LogP contribution < -0.4 is 4.73 Å². The molecule has 0 aliphatic carbocycles. The number of aromatic nitrogens is 3. The molecule has 2 aromatic heterocycles. The predicted molar refractivity (Wildman–Crippen MR) is 82.0 cm³/mol. The maximum absolute atomic E-state index is 11.8. The van der Waals surface area contributed by atoms with E-state index in [2.05, 4.69) is 26.1 Å². The van der Waals surface area contributed by atoms with Crippen molar-refractivity contribution in [3.05, 3.63) is 69.9 Å². The summed E-state index contributed by atoms with van der Waals surface area (Å²) in [6.07, 6.45) is 1.22. The van der Waals surface area contributed by atoms with E-state index in [0.717, 1.165) is 10.0 Å². The highest BCUT2D eigenvalue weighted by Crippen LogP contribution is 2.26. The van der Waals surface area contributed by atoms with E-state index in [-0.39, 0.29) is 18.2 Å². The number of ether oxygens (including phenoxy) is 1. The maximum Gasteiger partial charge on any atom is 0.405 e. The van der Waals surface area contributed by atoms with Crippen LogP contribution in [0.25, 0.3) is 11.5 Å². The standard InChI is InChI=1S/C15H10BrN3O4/c16-11-6-2-1-5-10(11)14-18-17-13(23-14)9-22-15(20)12-7-3-4-8-19(12)21/h1-8H,9H2. The van der Waals surface area contributed by atoms with E-state index in [1.807, 2.05) is 24.3 Å². The van der Waals surface area contributed by atoms with Gasteiger partial charge in [-0.25, -0.2) is 4.79 Å². The molecule has 0 saturated carbocycles. The van der Waals surface area contributed by atoms with Crippen LogP contribution in [0.4, 0.5) is 0 Å². The molecular formula is C15H10BrN3O4. The van der Waals surface area contributed by atoms with Crippen LogP contribution in [0.5, 0.6) is 0 Å². The Balaban J connectivity index is 1.70. The first-order chi connectivity index (χ1) is 11.1. The summed E-state index contributed by atoms with van der Waals surface area (Å²) in [5.74, 6) is -0.319. The zero-order chi connectivity index (χ0) is 16.2. The molecule has 0 N–H and O–H groups in total. The number of hydrogen-bond acceptors (Lipinski definition) is 6. The van der Waals surface area contributed by atoms with Gasteiger partial charge in [-0.05, 0) is 34.1 Å². The molecule has 2 heterocycles. The summed E-state index contributed by atoms with van der Waals surface area (Å²) >= 11 is 3.39. The fourth-order valence-electron chi connectivity index (χ4n) is 1.84. The Morgan fingerprint density at radius 3 is 2.78 bits per heavy atom. The minimum atomic E-state index is -0.763. The number of nitrogens with zero attached hydrogens (tertiary/aromatic N) is 3. The molecule has 0 aliphatic heterocycles. The van der Waals surface area contributed by atoms with Gasteiger partial charge in [-0.2, -0.15) is 4.73 Å². The van der Waals surface area contributed by atoms with Crippen molar-refractivity contribution in [1.29, 1.82) is 0 Å². The Hall–Kier alpha value is -2.74. The van der Waals surface area contributed by atoms with E-state index in [0.29, 0.717) is 10.6 Å². The monoisotopic (exact) mass is 375 g/mol. The van der Waals surface area contributed by atoms with Crippen molar-refractivity contribution < 1.29 is 18.7 Å². The van der Waals surface area contributed by atoms with Crippen LogP contribution in [0.3, 0.4) is 0 Å². The van der Waals surface area contributed by atoms with Crippen LogP contribution >= 0.6 is 15.9 Å². The van der Waals surface area contributed by atoms with E-state index in [9.17, 15) is 10.0 Å². The van der Waals surface area contributed by atoms with Gasteiger partial charge in [0.2, 0.25) is 5.89 Å². The first kappa shape index (κ1) is 15.2. The first-order valence-electron chi connectivity index (χ1n) is 6.58. The zero-order valence-corrected chi connectivity index (χ0v) is 13.3. The molecule has 3 aromatic rings. The second kappa shape index (κ2) is 6.57. The smallest absolute Gasteiger partial charge is 0.405 e. The lowest BCUT2D eigenvalue weighted by atomic mass is 10.2. The van der Waals surface area contributed by atoms with Crippen LogP contribution in [-0.2, 0) is 11.3 Å². The number of benzene rings is 1. The molecule has 0 atom stereocenters. The third-order valence-corrected chi connectivity index (χ3v) is 3.62. The Kier molecular flexibility index (Phi) is 4.33. The number of rotatable bonds is 4. The highest BCUT2D eigenvalue weighted by atomic mass is 79.9. The summed E-state index contributed by atoms with van der Waals surface area (Å²) in [5, 5.41) is 19.2. The molecule has 1 aromatic carbocycles. The normalized spacial score (nSPS) is 10.5. The number of carbonyl (C=O) groups is 1. The Labute approximate surface area is 139 Å². The van der Waals surface area contributed by atoms with E-state index < -0.39 is 5.97 Å². The lowest BCUT2D eigenvalue weighted by molar-refractivity contribution is -0.608. The largest absolute Gasteiger partial charge is 0.618 e. The molecule has 0 aliphatic rings. The zero-order valence-electron chi connectivity index (χ0n) is 11.7. The van der Waals surface area contributed by atoms with Crippen molar-refractivity contribution in [2.45, 2.75) is 6.61 Å². The quantitative estimate of drug-likeness (QED) is 0.395. The highest BCUT2D eigenvalue weighted by molar-refractivity contribution is 9.10. The SMILES string of the molecule is O=C(OCc1nnc(-c2ccccc2Br)o1)c1cccc[n+]1[O-]. The molecule has 0 radical (unpaired) electrons. The molecule has 8 heteroatoms. The highest BCUT2D eigenvalue weighted by Gasteiger charge is 2.18. The summed E-state index contributed by atoms with van der Waals surface area (Å²) in [7, 11) is 0. The maximum atomic E-state index is 11.8. The number of halogens is 1. The second-order valence-electron chi connectivity index (χ2n) is 4.47. The summed E-state index contributed by atoms with van der Waals surface area (Å²) in [6.45, 7) is -0.217. The van der Waals surface area contributed by atoms with E-state index >= 15 is 0 Å². The molecule has 0 unspecified atom stereocenters. The fourth-order valence-corrected chi connectivity index (χ4v) is 2.30. The van der Waals surface area contributed by atoms with Gasteiger partial charge in [0.15, 0.2) is 12.8 Å². The van der Waals surface area contributed by atoms with Gasteiger partial charge in [-0.1, -0.05) is 12.1 Å². The molecule has 0 saturated heterocycles. The minimum absolute atomic E-state index is 0.113. The fraction of sp³-hybridized carbons (Fsp3) is 0.0667. The lowest BCUT2D eigenvalue weighted by Crippen LogP contribution is -2.34. The van der Waals surface area contributed by atoms with Gasteiger partial charge < -0.3 is 14.4 Å². The average molecular weight is 376 g/mol. The van der Waals surface area contributed by atoms with Crippen LogP contribution in [0.2, 0.25) is 0 Å². The van der Waals surface area contributed by atoms with Gasteiger partial charge in [0.1, 0.15) is 0 Å². The molecule has 0 amide bonds. The predicted octanol–water partition coefficient (Wildman–Crippen LogP) is 2.49. The first-order valence-corrected chi connectivity index (χ1v) is 7.37. The molecule has 116 valence electrons. The molecule has 7 nitrogen and oxygen atoms in total. The molecule has 23 heavy (non-hydrogen) atoms. The van der Waals surface area contributed by atoms with E-state index in [1.165, 1.54) is 18.3 Å². The summed E-state index contributed by atoms with van der Waals surface area (Å²) in [5.41, 5.74) is 0.621. The molecule has 0 fully saturated rings. The molecule has 3 rings (SSSR count). The van der Waals surface area contributed by atoms with Crippen LogP contribution in [-0.4, -0.2) is 16.2 Å². The lowest BCUT2D eigenvalue weighted by Gasteiger charge is -2.03. The Morgan fingerprint density at radius 1 is 1.22 bits per heavy atom. The summed E-state index contributed by atoms with van der Waals surface area (Å²) in [4.78, 5) is 11.8. The summed E-state index contributed by atoms with van der Waals surface area (Å²) in [6, 6.07) is 11.8. The second-order valence-corrected chi connectivity index (χ2v) is 5.32. The number of hydrogen-bond donors (Lipinski definition) is 0. The van der Waals surface area contributed by atoms with Gasteiger partial charge in [0.05, 0.1) is 5.56 Å². The van der Waals surface area contributed by atoms with Gasteiger partial charge >= 0.3 is 11.7 Å². The molecule has 0 bridgehead atoms. The number of pyridine rings is 1. The van der Waals surface area contributed by atoms with Crippen molar-refractivity contribution in [2.75, 3.05) is 0 Å². The van der Waals surface area contributed by atoms with Crippen LogP contribution in [0, 0.1) is 5.21 Å². The number of carbonyl (C=O) groups excluding carboxylic acids is 1. The topological polar surface area (TPSA) is 92.2 Å².